The van der Waals surface area contributed by atoms with Crippen LogP contribution in [0.2, 0.25) is 0 Å². The van der Waals surface area contributed by atoms with Crippen LogP contribution in [0.15, 0.2) is 36.4 Å². The van der Waals surface area contributed by atoms with Gasteiger partial charge in [0.25, 0.3) is 0 Å². The van der Waals surface area contributed by atoms with Gasteiger partial charge in [-0.05, 0) is 57.3 Å². The lowest BCUT2D eigenvalue weighted by atomic mass is 9.64. The molecule has 0 aliphatic heterocycles. The Kier molecular flexibility index (Phi) is 6.28. The Labute approximate surface area is 179 Å². The number of ether oxygens (including phenoxy) is 1. The van der Waals surface area contributed by atoms with Gasteiger partial charge in [0.1, 0.15) is 11.4 Å². The molecule has 1 aromatic carbocycles. The first kappa shape index (κ1) is 21.1. The summed E-state index contributed by atoms with van der Waals surface area (Å²) in [5, 5.41) is 0. The van der Waals surface area contributed by atoms with Gasteiger partial charge < -0.3 is 14.6 Å². The molecule has 5 heteroatoms. The van der Waals surface area contributed by atoms with E-state index in [0.717, 1.165) is 62.1 Å². The molecule has 1 heterocycles. The molecule has 0 amide bonds. The number of fused-ring (bicyclic) bond motifs is 3. The van der Waals surface area contributed by atoms with Crippen molar-refractivity contribution < 1.29 is 9.53 Å². The SMILES string of the molecule is CC(C)C(=O)O[C@@]1(CCN(C)CCCc2nc3ccccc3[nH]2)C[C@@H]2C=C[C@H]1CC2. The zero-order chi connectivity index (χ0) is 21.1. The molecule has 3 atom stereocenters. The van der Waals surface area contributed by atoms with Crippen LogP contribution in [0.1, 0.15) is 51.8 Å². The number of nitrogens with one attached hydrogen (secondary N) is 1. The quantitative estimate of drug-likeness (QED) is 0.480. The number of aromatic amines is 1. The first-order chi connectivity index (χ1) is 14.4. The summed E-state index contributed by atoms with van der Waals surface area (Å²) in [7, 11) is 2.17. The number of aromatic nitrogens is 2. The van der Waals surface area contributed by atoms with Gasteiger partial charge in [0, 0.05) is 25.3 Å². The van der Waals surface area contributed by atoms with Gasteiger partial charge in [-0.2, -0.15) is 0 Å². The Morgan fingerprint density at radius 2 is 2.10 bits per heavy atom. The number of rotatable bonds is 9. The molecule has 162 valence electrons. The van der Waals surface area contributed by atoms with E-state index in [4.69, 9.17) is 4.74 Å². The summed E-state index contributed by atoms with van der Waals surface area (Å²) in [6.45, 7) is 5.81. The number of H-pyrrole nitrogens is 1. The van der Waals surface area contributed by atoms with E-state index in [2.05, 4.69) is 40.1 Å². The summed E-state index contributed by atoms with van der Waals surface area (Å²) in [4.78, 5) is 22.9. The number of allylic oxidation sites excluding steroid dienone is 1. The fourth-order valence-electron chi connectivity index (χ4n) is 4.99. The van der Waals surface area contributed by atoms with Crippen molar-refractivity contribution in [3.8, 4) is 0 Å². The monoisotopic (exact) mass is 409 g/mol. The Hall–Kier alpha value is -2.14. The molecule has 30 heavy (non-hydrogen) atoms. The number of para-hydroxylation sites is 2. The Balaban J connectivity index is 1.30. The predicted octanol–water partition coefficient (Wildman–Crippen LogP) is 4.74. The maximum atomic E-state index is 12.5. The Morgan fingerprint density at radius 1 is 1.27 bits per heavy atom. The Morgan fingerprint density at radius 3 is 2.77 bits per heavy atom. The van der Waals surface area contributed by atoms with E-state index in [1.807, 2.05) is 32.0 Å². The van der Waals surface area contributed by atoms with Crippen molar-refractivity contribution in [3.63, 3.8) is 0 Å². The van der Waals surface area contributed by atoms with E-state index in [9.17, 15) is 4.79 Å². The molecular weight excluding hydrogens is 374 g/mol. The van der Waals surface area contributed by atoms with Crippen LogP contribution < -0.4 is 0 Å². The number of hydrogen-bond donors (Lipinski definition) is 1. The molecule has 1 N–H and O–H groups in total. The molecule has 1 fully saturated rings. The third-order valence-electron chi connectivity index (χ3n) is 6.83. The zero-order valence-electron chi connectivity index (χ0n) is 18.6. The third-order valence-corrected chi connectivity index (χ3v) is 6.83. The molecule has 0 unspecified atom stereocenters. The topological polar surface area (TPSA) is 58.2 Å². The van der Waals surface area contributed by atoms with Crippen molar-refractivity contribution in [2.24, 2.45) is 17.8 Å². The fraction of sp³-hybridized carbons (Fsp3) is 0.600. The van der Waals surface area contributed by atoms with Crippen molar-refractivity contribution in [2.75, 3.05) is 20.1 Å². The largest absolute Gasteiger partial charge is 0.458 e. The number of carbonyl (C=O) groups is 1. The van der Waals surface area contributed by atoms with Gasteiger partial charge in [-0.3, -0.25) is 4.79 Å². The summed E-state index contributed by atoms with van der Waals surface area (Å²) in [6, 6.07) is 8.18. The van der Waals surface area contributed by atoms with Crippen molar-refractivity contribution >= 4 is 17.0 Å². The lowest BCUT2D eigenvalue weighted by molar-refractivity contribution is -0.176. The van der Waals surface area contributed by atoms with Crippen molar-refractivity contribution in [1.82, 2.24) is 14.9 Å². The van der Waals surface area contributed by atoms with Crippen molar-refractivity contribution in [2.45, 2.75) is 58.0 Å². The van der Waals surface area contributed by atoms with Crippen LogP contribution in [0.5, 0.6) is 0 Å². The summed E-state index contributed by atoms with van der Waals surface area (Å²) in [5.74, 6) is 1.86. The average molecular weight is 410 g/mol. The highest BCUT2D eigenvalue weighted by Gasteiger charge is 2.48. The molecule has 1 saturated carbocycles. The van der Waals surface area contributed by atoms with Crippen LogP contribution in [0.3, 0.4) is 0 Å². The van der Waals surface area contributed by atoms with Gasteiger partial charge in [0.15, 0.2) is 0 Å². The summed E-state index contributed by atoms with van der Waals surface area (Å²) in [6.07, 6.45) is 10.9. The first-order valence-electron chi connectivity index (χ1n) is 11.5. The van der Waals surface area contributed by atoms with Gasteiger partial charge in [-0.25, -0.2) is 4.98 Å². The normalized spacial score (nSPS) is 25.5. The Bertz CT molecular complexity index is 870. The van der Waals surface area contributed by atoms with Gasteiger partial charge in [-0.15, -0.1) is 0 Å². The van der Waals surface area contributed by atoms with Crippen LogP contribution in [-0.4, -0.2) is 46.6 Å². The van der Waals surface area contributed by atoms with Crippen LogP contribution in [0.4, 0.5) is 0 Å². The summed E-state index contributed by atoms with van der Waals surface area (Å²) in [5.41, 5.74) is 1.83. The third kappa shape index (κ3) is 4.61. The van der Waals surface area contributed by atoms with Crippen molar-refractivity contribution in [1.29, 1.82) is 0 Å². The lowest BCUT2D eigenvalue weighted by Crippen LogP contribution is -2.50. The molecular formula is C25H35N3O2. The molecule has 0 saturated heterocycles. The highest BCUT2D eigenvalue weighted by molar-refractivity contribution is 5.74. The van der Waals surface area contributed by atoms with Gasteiger partial charge >= 0.3 is 5.97 Å². The number of carbonyl (C=O) groups excluding carboxylic acids is 1. The second-order valence-corrected chi connectivity index (χ2v) is 9.53. The standard InChI is InChI=1S/C25H35N3O2/c1-18(2)24(29)30-25(17-19-10-12-20(25)13-11-19)14-16-28(3)15-6-9-23-26-21-7-4-5-8-22(21)27-23/h4-5,7-8,10,12,18-20H,6,9,11,13-17H2,1-3H3,(H,26,27)/t19-,20+,25+/m1/s1. The van der Waals surface area contributed by atoms with Gasteiger partial charge in [0.2, 0.25) is 0 Å². The van der Waals surface area contributed by atoms with Crippen LogP contribution in [-0.2, 0) is 16.0 Å². The molecule has 5 rings (SSSR count). The summed E-state index contributed by atoms with van der Waals surface area (Å²) < 4.78 is 6.20. The van der Waals surface area contributed by atoms with Gasteiger partial charge in [-0.1, -0.05) is 38.1 Å². The minimum absolute atomic E-state index is 0.0523. The van der Waals surface area contributed by atoms with Crippen LogP contribution in [0.25, 0.3) is 11.0 Å². The van der Waals surface area contributed by atoms with E-state index in [1.54, 1.807) is 0 Å². The minimum atomic E-state index is -0.313. The highest BCUT2D eigenvalue weighted by atomic mass is 16.6. The number of nitrogens with zero attached hydrogens (tertiary/aromatic N) is 2. The lowest BCUT2D eigenvalue weighted by Gasteiger charge is -2.48. The number of aryl methyl sites for hydroxylation is 1. The molecule has 2 bridgehead atoms. The average Bonchev–Trinajstić information content (AvgIpc) is 3.16. The molecule has 1 aromatic heterocycles. The van der Waals surface area contributed by atoms with Gasteiger partial charge in [0.05, 0.1) is 17.0 Å². The zero-order valence-corrected chi connectivity index (χ0v) is 18.6. The second-order valence-electron chi connectivity index (χ2n) is 9.53. The maximum absolute atomic E-state index is 12.5. The van der Waals surface area contributed by atoms with Crippen LogP contribution >= 0.6 is 0 Å². The predicted molar refractivity (Wildman–Crippen MR) is 120 cm³/mol. The molecule has 0 spiro atoms. The fourth-order valence-corrected chi connectivity index (χ4v) is 4.99. The second kappa shape index (κ2) is 8.93. The smallest absolute Gasteiger partial charge is 0.308 e. The number of benzene rings is 1. The number of hydrogen-bond acceptors (Lipinski definition) is 4. The van der Waals surface area contributed by atoms with Crippen LogP contribution in [0, 0.1) is 17.8 Å². The number of esters is 1. The summed E-state index contributed by atoms with van der Waals surface area (Å²) >= 11 is 0. The first-order valence-corrected chi connectivity index (χ1v) is 11.5. The van der Waals surface area contributed by atoms with E-state index in [-0.39, 0.29) is 17.5 Å². The molecule has 0 radical (unpaired) electrons. The molecule has 3 aliphatic rings. The molecule has 3 aliphatic carbocycles. The van der Waals surface area contributed by atoms with Crippen molar-refractivity contribution in [3.05, 3.63) is 42.2 Å². The van der Waals surface area contributed by atoms with E-state index in [0.29, 0.717) is 11.8 Å². The maximum Gasteiger partial charge on any atom is 0.308 e. The number of imidazole rings is 1. The van der Waals surface area contributed by atoms with E-state index < -0.39 is 0 Å². The minimum Gasteiger partial charge on any atom is -0.458 e. The van der Waals surface area contributed by atoms with E-state index in [1.165, 1.54) is 6.42 Å². The molecule has 5 nitrogen and oxygen atoms in total. The van der Waals surface area contributed by atoms with E-state index >= 15 is 0 Å². The molecule has 2 aromatic rings. The highest BCUT2D eigenvalue weighted by Crippen LogP contribution is 2.47.